The van der Waals surface area contributed by atoms with Crippen LogP contribution in [0, 0.1) is 5.92 Å². The first-order chi connectivity index (χ1) is 6.61. The predicted molar refractivity (Wildman–Crippen MR) is 58.9 cm³/mol. The lowest BCUT2D eigenvalue weighted by molar-refractivity contribution is 0.522. The van der Waals surface area contributed by atoms with E-state index < -0.39 is 9.84 Å². The van der Waals surface area contributed by atoms with E-state index >= 15 is 0 Å². The van der Waals surface area contributed by atoms with E-state index in [1.54, 1.807) is 0 Å². The SMILES string of the molecule is CCCCS(=O)(=O)C1CCCC1CN. The lowest BCUT2D eigenvalue weighted by Gasteiger charge is -2.17. The van der Waals surface area contributed by atoms with Gasteiger partial charge in [-0.25, -0.2) is 8.42 Å². The summed E-state index contributed by atoms with van der Waals surface area (Å²) in [4.78, 5) is 0. The highest BCUT2D eigenvalue weighted by Gasteiger charge is 2.35. The van der Waals surface area contributed by atoms with Crippen LogP contribution >= 0.6 is 0 Å². The van der Waals surface area contributed by atoms with Crippen molar-refractivity contribution in [2.45, 2.75) is 44.3 Å². The standard InChI is InChI=1S/C10H21NO2S/c1-2-3-7-14(12,13)10-6-4-5-9(10)8-11/h9-10H,2-8,11H2,1H3. The van der Waals surface area contributed by atoms with Gasteiger partial charge < -0.3 is 5.73 Å². The van der Waals surface area contributed by atoms with Crippen LogP contribution in [0.2, 0.25) is 0 Å². The van der Waals surface area contributed by atoms with Crippen LogP contribution in [-0.2, 0) is 9.84 Å². The lowest BCUT2D eigenvalue weighted by atomic mass is 10.1. The van der Waals surface area contributed by atoms with E-state index in [2.05, 4.69) is 0 Å². The first kappa shape index (κ1) is 12.0. The highest BCUT2D eigenvalue weighted by Crippen LogP contribution is 2.31. The molecule has 1 fully saturated rings. The fourth-order valence-corrected chi connectivity index (χ4v) is 4.60. The Morgan fingerprint density at radius 2 is 2.07 bits per heavy atom. The summed E-state index contributed by atoms with van der Waals surface area (Å²) in [5, 5.41) is -0.140. The molecule has 2 unspecified atom stereocenters. The van der Waals surface area contributed by atoms with Gasteiger partial charge in [-0.2, -0.15) is 0 Å². The maximum atomic E-state index is 11.9. The number of unbranched alkanes of at least 4 members (excludes halogenated alkanes) is 1. The third-order valence-corrected chi connectivity index (χ3v) is 5.54. The molecule has 0 aromatic carbocycles. The van der Waals surface area contributed by atoms with E-state index in [0.29, 0.717) is 12.3 Å². The number of hydrogen-bond acceptors (Lipinski definition) is 3. The van der Waals surface area contributed by atoms with Crippen molar-refractivity contribution in [3.05, 3.63) is 0 Å². The summed E-state index contributed by atoms with van der Waals surface area (Å²) in [5.41, 5.74) is 5.59. The molecule has 1 aliphatic carbocycles. The zero-order chi connectivity index (χ0) is 10.6. The first-order valence-electron chi connectivity index (χ1n) is 5.53. The summed E-state index contributed by atoms with van der Waals surface area (Å²) in [6, 6.07) is 0. The smallest absolute Gasteiger partial charge is 0.153 e. The van der Waals surface area contributed by atoms with Gasteiger partial charge in [0.15, 0.2) is 9.84 Å². The molecular weight excluding hydrogens is 198 g/mol. The van der Waals surface area contributed by atoms with Gasteiger partial charge in [0, 0.05) is 0 Å². The van der Waals surface area contributed by atoms with Crippen LogP contribution in [0.5, 0.6) is 0 Å². The van der Waals surface area contributed by atoms with Gasteiger partial charge in [0.05, 0.1) is 11.0 Å². The Balaban J connectivity index is 2.61. The molecule has 0 amide bonds. The fourth-order valence-electron chi connectivity index (χ4n) is 2.24. The molecule has 1 rings (SSSR count). The lowest BCUT2D eigenvalue weighted by Crippen LogP contribution is -2.31. The maximum Gasteiger partial charge on any atom is 0.153 e. The second-order valence-electron chi connectivity index (χ2n) is 4.19. The molecule has 0 spiro atoms. The number of hydrogen-bond donors (Lipinski definition) is 1. The fraction of sp³-hybridized carbons (Fsp3) is 1.00. The minimum Gasteiger partial charge on any atom is -0.330 e. The first-order valence-corrected chi connectivity index (χ1v) is 7.25. The zero-order valence-corrected chi connectivity index (χ0v) is 9.72. The van der Waals surface area contributed by atoms with Crippen LogP contribution in [0.3, 0.4) is 0 Å². The van der Waals surface area contributed by atoms with E-state index in [1.165, 1.54) is 0 Å². The topological polar surface area (TPSA) is 60.2 Å². The van der Waals surface area contributed by atoms with Crippen molar-refractivity contribution in [1.82, 2.24) is 0 Å². The van der Waals surface area contributed by atoms with E-state index in [4.69, 9.17) is 5.73 Å². The Morgan fingerprint density at radius 1 is 1.36 bits per heavy atom. The van der Waals surface area contributed by atoms with Crippen LogP contribution in [0.25, 0.3) is 0 Å². The molecule has 0 radical (unpaired) electrons. The summed E-state index contributed by atoms with van der Waals surface area (Å²) < 4.78 is 23.8. The largest absolute Gasteiger partial charge is 0.330 e. The van der Waals surface area contributed by atoms with Crippen LogP contribution < -0.4 is 5.73 Å². The molecule has 3 nitrogen and oxygen atoms in total. The predicted octanol–water partition coefficient (Wildman–Crippen LogP) is 1.33. The van der Waals surface area contributed by atoms with Crippen LogP contribution in [0.4, 0.5) is 0 Å². The van der Waals surface area contributed by atoms with Gasteiger partial charge in [-0.15, -0.1) is 0 Å². The Hall–Kier alpha value is -0.0900. The minimum absolute atomic E-state index is 0.140. The van der Waals surface area contributed by atoms with Gasteiger partial charge in [-0.3, -0.25) is 0 Å². The number of rotatable bonds is 5. The molecule has 0 aliphatic heterocycles. The van der Waals surface area contributed by atoms with Crippen LogP contribution in [-0.4, -0.2) is 26.0 Å². The van der Waals surface area contributed by atoms with Crippen molar-refractivity contribution in [2.24, 2.45) is 11.7 Å². The van der Waals surface area contributed by atoms with Gasteiger partial charge in [-0.05, 0) is 31.7 Å². The van der Waals surface area contributed by atoms with Crippen molar-refractivity contribution in [1.29, 1.82) is 0 Å². The molecule has 1 saturated carbocycles. The molecule has 0 aromatic heterocycles. The van der Waals surface area contributed by atoms with Gasteiger partial charge in [0.1, 0.15) is 0 Å². The molecule has 1 aliphatic rings. The normalized spacial score (nSPS) is 28.1. The van der Waals surface area contributed by atoms with E-state index in [1.807, 2.05) is 6.92 Å². The molecule has 2 N–H and O–H groups in total. The molecule has 84 valence electrons. The summed E-state index contributed by atoms with van der Waals surface area (Å²) >= 11 is 0. The molecule has 0 heterocycles. The van der Waals surface area contributed by atoms with Crippen LogP contribution in [0.15, 0.2) is 0 Å². The summed E-state index contributed by atoms with van der Waals surface area (Å²) in [6.45, 7) is 2.54. The van der Waals surface area contributed by atoms with Crippen molar-refractivity contribution in [3.8, 4) is 0 Å². The molecule has 4 heteroatoms. The molecular formula is C10H21NO2S. The highest BCUT2D eigenvalue weighted by atomic mass is 32.2. The third-order valence-electron chi connectivity index (χ3n) is 3.14. The number of sulfone groups is 1. The minimum atomic E-state index is -2.86. The Labute approximate surface area is 87.0 Å². The van der Waals surface area contributed by atoms with Gasteiger partial charge in [0.2, 0.25) is 0 Å². The third kappa shape index (κ3) is 2.70. The average Bonchev–Trinajstić information content (AvgIpc) is 2.63. The molecule has 0 saturated heterocycles. The van der Waals surface area contributed by atoms with E-state index in [0.717, 1.165) is 32.1 Å². The van der Waals surface area contributed by atoms with Gasteiger partial charge in [0.25, 0.3) is 0 Å². The molecule has 14 heavy (non-hydrogen) atoms. The highest BCUT2D eigenvalue weighted by molar-refractivity contribution is 7.92. The van der Waals surface area contributed by atoms with E-state index in [9.17, 15) is 8.42 Å². The zero-order valence-electron chi connectivity index (χ0n) is 8.91. The van der Waals surface area contributed by atoms with Gasteiger partial charge in [-0.1, -0.05) is 19.8 Å². The maximum absolute atomic E-state index is 11.9. The van der Waals surface area contributed by atoms with Crippen molar-refractivity contribution < 1.29 is 8.42 Å². The van der Waals surface area contributed by atoms with Crippen molar-refractivity contribution in [3.63, 3.8) is 0 Å². The monoisotopic (exact) mass is 219 g/mol. The van der Waals surface area contributed by atoms with E-state index in [-0.39, 0.29) is 11.2 Å². The molecule has 0 aromatic rings. The summed E-state index contributed by atoms with van der Waals surface area (Å²) in [5.74, 6) is 0.571. The molecule has 0 bridgehead atoms. The van der Waals surface area contributed by atoms with Gasteiger partial charge >= 0.3 is 0 Å². The summed E-state index contributed by atoms with van der Waals surface area (Å²) in [6.07, 6.45) is 4.58. The average molecular weight is 219 g/mol. The summed E-state index contributed by atoms with van der Waals surface area (Å²) in [7, 11) is -2.86. The Morgan fingerprint density at radius 3 is 2.64 bits per heavy atom. The second kappa shape index (κ2) is 5.12. The second-order valence-corrected chi connectivity index (χ2v) is 6.53. The van der Waals surface area contributed by atoms with Crippen molar-refractivity contribution >= 4 is 9.84 Å². The quantitative estimate of drug-likeness (QED) is 0.759. The van der Waals surface area contributed by atoms with Crippen LogP contribution in [0.1, 0.15) is 39.0 Å². The Bertz CT molecular complexity index is 261. The molecule has 2 atom stereocenters. The Kier molecular flexibility index (Phi) is 4.38. The van der Waals surface area contributed by atoms with Crippen molar-refractivity contribution in [2.75, 3.05) is 12.3 Å². The number of nitrogens with two attached hydrogens (primary N) is 1.